The Morgan fingerprint density at radius 1 is 1.44 bits per heavy atom. The molecule has 2 aliphatic rings. The summed E-state index contributed by atoms with van der Waals surface area (Å²) < 4.78 is 33.2. The van der Waals surface area contributed by atoms with Crippen molar-refractivity contribution in [2.24, 2.45) is 0 Å². The van der Waals surface area contributed by atoms with Crippen molar-refractivity contribution in [1.29, 1.82) is 0 Å². The van der Waals surface area contributed by atoms with Crippen molar-refractivity contribution in [2.75, 3.05) is 6.61 Å². The van der Waals surface area contributed by atoms with Gasteiger partial charge in [-0.2, -0.15) is 0 Å². The van der Waals surface area contributed by atoms with Crippen molar-refractivity contribution in [1.82, 2.24) is 9.55 Å². The predicted octanol–water partition coefficient (Wildman–Crippen LogP) is -2.17. The summed E-state index contributed by atoms with van der Waals surface area (Å²) in [6.45, 7) is 2.77. The molecule has 0 bridgehead atoms. The molecule has 13 heteroatoms. The third-order valence-corrected chi connectivity index (χ3v) is 4.08. The minimum atomic E-state index is -4.94. The Balaban J connectivity index is 0.00000225. The van der Waals surface area contributed by atoms with Gasteiger partial charge in [-0.1, -0.05) is 0 Å². The van der Waals surface area contributed by atoms with E-state index in [0.29, 0.717) is 0 Å². The van der Waals surface area contributed by atoms with Crippen LogP contribution in [0.4, 0.5) is 0 Å². The number of phosphoric ester groups is 1. The molecule has 2 aliphatic heterocycles. The van der Waals surface area contributed by atoms with E-state index in [1.165, 1.54) is 6.20 Å². The molecule has 25 heavy (non-hydrogen) atoms. The van der Waals surface area contributed by atoms with E-state index in [2.05, 4.69) is 9.51 Å². The molecule has 11 nitrogen and oxygen atoms in total. The molecule has 3 rings (SSSR count). The number of phosphoric acid groups is 1. The standard InChI is InChI=1S/C12H17N2O9P.Ba/c1-12(2)22-8-6(5-20-24(17,18)19)21-10(9(8)23-12)14-4-3-7(15)13-11(14)16;/h3-4,6,8-10H,5H2,1-2H3,(H,13,15,16)(H2,17,18,19);/q;+2/p-2/t6-,8-,9-,10-;/m1./s1. The third-order valence-electron chi connectivity index (χ3n) is 3.61. The molecule has 0 aromatic carbocycles. The molecule has 0 amide bonds. The van der Waals surface area contributed by atoms with E-state index in [4.69, 9.17) is 19.1 Å². The fraction of sp³-hybridized carbons (Fsp3) is 0.667. The number of hydrogen-bond donors (Lipinski definition) is 1. The average molecular weight is 500 g/mol. The van der Waals surface area contributed by atoms with Crippen LogP contribution in [-0.4, -0.2) is 94.0 Å². The second-order valence-electron chi connectivity index (χ2n) is 5.85. The van der Waals surface area contributed by atoms with Gasteiger partial charge in [0.15, 0.2) is 12.0 Å². The van der Waals surface area contributed by atoms with Crippen LogP contribution in [0.2, 0.25) is 0 Å². The molecule has 2 saturated heterocycles. The molecule has 1 aromatic rings. The van der Waals surface area contributed by atoms with Gasteiger partial charge in [-0.3, -0.25) is 9.13 Å². The maximum Gasteiger partial charge on any atom is 2.00 e. The van der Waals surface area contributed by atoms with Crippen LogP contribution in [0.25, 0.3) is 0 Å². The SMILES string of the molecule is CC1(C)O[C@@H]2[C@H](O1)[C@@H](COP(=O)([O-])O)O[C@H]2n1ccc([O-])nc1=O.[Ba+2]. The first-order chi connectivity index (χ1) is 11.1. The van der Waals surface area contributed by atoms with Gasteiger partial charge in [0, 0.05) is 6.20 Å². The molecule has 2 fully saturated rings. The zero-order valence-corrected chi connectivity index (χ0v) is 18.8. The maximum absolute atomic E-state index is 11.9. The van der Waals surface area contributed by atoms with Gasteiger partial charge in [-0.05, 0) is 25.8 Å². The van der Waals surface area contributed by atoms with Gasteiger partial charge in [0.25, 0.3) is 7.82 Å². The van der Waals surface area contributed by atoms with Crippen molar-refractivity contribution in [3.05, 3.63) is 22.7 Å². The van der Waals surface area contributed by atoms with E-state index in [1.54, 1.807) is 13.8 Å². The molecule has 1 N–H and O–H groups in total. The summed E-state index contributed by atoms with van der Waals surface area (Å²) in [6, 6.07) is 1.09. The zero-order valence-electron chi connectivity index (χ0n) is 13.4. The van der Waals surface area contributed by atoms with Gasteiger partial charge in [-0.15, -0.1) is 0 Å². The van der Waals surface area contributed by atoms with Crippen LogP contribution in [-0.2, 0) is 23.3 Å². The number of rotatable bonds is 4. The summed E-state index contributed by atoms with van der Waals surface area (Å²) in [6.07, 6.45) is -2.20. The van der Waals surface area contributed by atoms with Crippen LogP contribution >= 0.6 is 7.82 Å². The number of aromatic nitrogens is 2. The van der Waals surface area contributed by atoms with Gasteiger partial charge in [0.1, 0.15) is 18.3 Å². The van der Waals surface area contributed by atoms with E-state index in [-0.39, 0.29) is 48.9 Å². The average Bonchev–Trinajstić information content (AvgIpc) is 2.90. The van der Waals surface area contributed by atoms with Crippen molar-refractivity contribution >= 4 is 56.7 Å². The molecular weight excluding hydrogens is 484 g/mol. The fourth-order valence-electron chi connectivity index (χ4n) is 2.78. The Bertz CT molecular complexity index is 736. The number of hydrogen-bond acceptors (Lipinski definition) is 9. The van der Waals surface area contributed by atoms with Crippen molar-refractivity contribution in [3.63, 3.8) is 0 Å². The van der Waals surface area contributed by atoms with Crippen molar-refractivity contribution in [3.8, 4) is 5.88 Å². The van der Waals surface area contributed by atoms with Gasteiger partial charge >= 0.3 is 54.6 Å². The molecule has 134 valence electrons. The number of ether oxygens (including phenoxy) is 3. The Kier molecular flexibility index (Phi) is 6.63. The van der Waals surface area contributed by atoms with E-state index < -0.39 is 56.3 Å². The minimum absolute atomic E-state index is 0. The molecule has 0 saturated carbocycles. The Morgan fingerprint density at radius 3 is 2.68 bits per heavy atom. The van der Waals surface area contributed by atoms with Crippen LogP contribution in [0.1, 0.15) is 20.1 Å². The fourth-order valence-corrected chi connectivity index (χ4v) is 3.11. The topological polar surface area (TPSA) is 155 Å². The van der Waals surface area contributed by atoms with Gasteiger partial charge in [0.05, 0.1) is 6.61 Å². The first-order valence-corrected chi connectivity index (χ1v) is 8.51. The number of nitrogens with zero attached hydrogens (tertiary/aromatic N) is 2. The molecule has 5 atom stereocenters. The van der Waals surface area contributed by atoms with Crippen LogP contribution < -0.4 is 15.7 Å². The van der Waals surface area contributed by atoms with Gasteiger partial charge in [-0.25, -0.2) is 9.78 Å². The predicted molar refractivity (Wildman–Crippen MR) is 77.2 cm³/mol. The second kappa shape index (κ2) is 7.70. The van der Waals surface area contributed by atoms with E-state index in [1.807, 2.05) is 0 Å². The van der Waals surface area contributed by atoms with E-state index in [0.717, 1.165) is 10.6 Å². The first kappa shape index (κ1) is 21.5. The summed E-state index contributed by atoms with van der Waals surface area (Å²) in [5.41, 5.74) is -0.835. The van der Waals surface area contributed by atoms with Crippen molar-refractivity contribution in [2.45, 2.75) is 44.2 Å². The quantitative estimate of drug-likeness (QED) is 0.357. The Labute approximate surface area is 182 Å². The minimum Gasteiger partial charge on any atom is -0.858 e. The van der Waals surface area contributed by atoms with Crippen LogP contribution in [0.3, 0.4) is 0 Å². The van der Waals surface area contributed by atoms with Crippen LogP contribution in [0, 0.1) is 0 Å². The monoisotopic (exact) mass is 500 g/mol. The largest absolute Gasteiger partial charge is 2.00 e. The van der Waals surface area contributed by atoms with E-state index >= 15 is 0 Å². The molecule has 0 radical (unpaired) electrons. The van der Waals surface area contributed by atoms with Crippen molar-refractivity contribution < 1.29 is 38.2 Å². The van der Waals surface area contributed by atoms with Crippen LogP contribution in [0.15, 0.2) is 17.1 Å². The molecule has 0 aliphatic carbocycles. The summed E-state index contributed by atoms with van der Waals surface area (Å²) in [5, 5.41) is 11.1. The molecular formula is C12H15BaN2O9P. The first-order valence-electron chi connectivity index (χ1n) is 7.01. The maximum atomic E-state index is 11.9. The summed E-state index contributed by atoms with van der Waals surface area (Å²) in [5.74, 6) is -1.69. The molecule has 3 heterocycles. The number of fused-ring (bicyclic) bond motifs is 1. The molecule has 0 spiro atoms. The summed E-state index contributed by atoms with van der Waals surface area (Å²) in [7, 11) is -4.94. The molecule has 1 aromatic heterocycles. The Morgan fingerprint density at radius 2 is 2.08 bits per heavy atom. The zero-order chi connectivity index (χ0) is 17.7. The second-order valence-corrected chi connectivity index (χ2v) is 7.05. The third kappa shape index (κ3) is 4.95. The van der Waals surface area contributed by atoms with E-state index in [9.17, 15) is 19.4 Å². The summed E-state index contributed by atoms with van der Waals surface area (Å²) >= 11 is 0. The van der Waals surface area contributed by atoms with Gasteiger partial charge < -0.3 is 33.6 Å². The summed E-state index contributed by atoms with van der Waals surface area (Å²) in [4.78, 5) is 34.7. The van der Waals surface area contributed by atoms with Crippen LogP contribution in [0.5, 0.6) is 5.88 Å². The normalized spacial score (nSPS) is 32.6. The smallest absolute Gasteiger partial charge is 0.858 e. The van der Waals surface area contributed by atoms with Gasteiger partial charge in [0.2, 0.25) is 0 Å². The Hall–Kier alpha value is 0.241. The molecule has 1 unspecified atom stereocenters.